The van der Waals surface area contributed by atoms with Crippen molar-refractivity contribution in [2.24, 2.45) is 0 Å². The highest BCUT2D eigenvalue weighted by atomic mass is 19.4. The lowest BCUT2D eigenvalue weighted by molar-refractivity contribution is -0.137. The summed E-state index contributed by atoms with van der Waals surface area (Å²) in [5.74, 6) is 0.876. The van der Waals surface area contributed by atoms with E-state index in [-0.39, 0.29) is 25.4 Å². The molecule has 7 nitrogen and oxygen atoms in total. The van der Waals surface area contributed by atoms with Crippen LogP contribution in [0.1, 0.15) is 27.0 Å². The molecule has 2 aliphatic heterocycles. The van der Waals surface area contributed by atoms with Crippen LogP contribution in [0, 0.1) is 5.82 Å². The number of amides is 1. The molecule has 212 valence electrons. The van der Waals surface area contributed by atoms with Gasteiger partial charge in [-0.1, -0.05) is 6.07 Å². The minimum absolute atomic E-state index is 0.0965. The summed E-state index contributed by atoms with van der Waals surface area (Å²) >= 11 is 0. The first kappa shape index (κ1) is 26.8. The molecule has 41 heavy (non-hydrogen) atoms. The smallest absolute Gasteiger partial charge is 0.416 e. The quantitative estimate of drug-likeness (QED) is 0.275. The molecular weight excluding hydrogens is 542 g/mol. The maximum absolute atomic E-state index is 14.0. The molecule has 0 spiro atoms. The number of ether oxygens (including phenoxy) is 3. The molecule has 0 N–H and O–H groups in total. The Hall–Kier alpha value is -4.38. The van der Waals surface area contributed by atoms with Crippen molar-refractivity contribution in [1.82, 2.24) is 9.88 Å². The first-order valence-electron chi connectivity index (χ1n) is 13.0. The molecule has 0 bridgehead atoms. The molecular formula is C30H25F4N3O4. The zero-order chi connectivity index (χ0) is 28.6. The van der Waals surface area contributed by atoms with Crippen LogP contribution in [-0.4, -0.2) is 48.9 Å². The fourth-order valence-corrected chi connectivity index (χ4v) is 4.99. The molecule has 0 aliphatic carbocycles. The molecule has 1 saturated heterocycles. The molecule has 2 aliphatic rings. The van der Waals surface area contributed by atoms with E-state index in [1.807, 2.05) is 17.0 Å². The highest BCUT2D eigenvalue weighted by Gasteiger charge is 2.31. The molecule has 11 heteroatoms. The average Bonchev–Trinajstić information content (AvgIpc) is 3.44. The third-order valence-corrected chi connectivity index (χ3v) is 7.06. The van der Waals surface area contributed by atoms with Gasteiger partial charge in [-0.25, -0.2) is 9.37 Å². The molecule has 1 amide bonds. The van der Waals surface area contributed by atoms with Crippen molar-refractivity contribution in [2.75, 3.05) is 38.0 Å². The first-order valence-corrected chi connectivity index (χ1v) is 13.0. The van der Waals surface area contributed by atoms with E-state index in [1.54, 1.807) is 23.1 Å². The van der Waals surface area contributed by atoms with Crippen molar-refractivity contribution < 1.29 is 36.6 Å². The third-order valence-electron chi connectivity index (χ3n) is 7.06. The lowest BCUT2D eigenvalue weighted by Crippen LogP contribution is -2.38. The van der Waals surface area contributed by atoms with Gasteiger partial charge in [0.15, 0.2) is 11.5 Å². The van der Waals surface area contributed by atoms with Crippen molar-refractivity contribution >= 4 is 22.6 Å². The van der Waals surface area contributed by atoms with E-state index in [1.165, 1.54) is 24.3 Å². The summed E-state index contributed by atoms with van der Waals surface area (Å²) in [4.78, 5) is 22.2. The van der Waals surface area contributed by atoms with Gasteiger partial charge in [-0.3, -0.25) is 4.79 Å². The number of benzene rings is 3. The van der Waals surface area contributed by atoms with Crippen molar-refractivity contribution in [2.45, 2.75) is 19.3 Å². The molecule has 0 radical (unpaired) electrons. The molecule has 0 saturated carbocycles. The largest absolute Gasteiger partial charge is 0.454 e. The SMILES string of the molecule is O=C(c1ccc(C(F)(F)F)cc1)N(Cc1ccc2c(c1)OCO2)Cc1cc2ccc(F)cc2nc1N1CCOCC1. The molecule has 0 atom stereocenters. The predicted molar refractivity (Wildman–Crippen MR) is 142 cm³/mol. The van der Waals surface area contributed by atoms with Gasteiger partial charge in [0, 0.05) is 48.8 Å². The maximum atomic E-state index is 14.0. The number of alkyl halides is 3. The maximum Gasteiger partial charge on any atom is 0.416 e. The van der Waals surface area contributed by atoms with Gasteiger partial charge >= 0.3 is 6.18 Å². The van der Waals surface area contributed by atoms with Crippen molar-refractivity contribution in [3.05, 3.63) is 94.8 Å². The highest BCUT2D eigenvalue weighted by molar-refractivity contribution is 5.94. The number of rotatable bonds is 6. The van der Waals surface area contributed by atoms with E-state index in [0.29, 0.717) is 60.1 Å². The molecule has 3 aromatic carbocycles. The number of morpholine rings is 1. The lowest BCUT2D eigenvalue weighted by atomic mass is 10.1. The number of carbonyl (C=O) groups excluding carboxylic acids is 1. The minimum atomic E-state index is -4.52. The van der Waals surface area contributed by atoms with E-state index in [2.05, 4.69) is 0 Å². The van der Waals surface area contributed by atoms with Crippen LogP contribution in [0.2, 0.25) is 0 Å². The summed E-state index contributed by atoms with van der Waals surface area (Å²) in [7, 11) is 0. The van der Waals surface area contributed by atoms with Gasteiger partial charge in [0.25, 0.3) is 5.91 Å². The van der Waals surface area contributed by atoms with E-state index in [4.69, 9.17) is 19.2 Å². The molecule has 3 heterocycles. The Kier molecular flexibility index (Phi) is 7.12. The monoisotopic (exact) mass is 567 g/mol. The van der Waals surface area contributed by atoms with Crippen LogP contribution < -0.4 is 14.4 Å². The molecule has 6 rings (SSSR count). The summed E-state index contributed by atoms with van der Waals surface area (Å²) < 4.78 is 70.0. The fourth-order valence-electron chi connectivity index (χ4n) is 4.99. The van der Waals surface area contributed by atoms with Gasteiger partial charge < -0.3 is 24.0 Å². The van der Waals surface area contributed by atoms with Gasteiger partial charge in [0.05, 0.1) is 24.3 Å². The van der Waals surface area contributed by atoms with Crippen molar-refractivity contribution in [3.8, 4) is 11.5 Å². The number of nitrogens with zero attached hydrogens (tertiary/aromatic N) is 3. The van der Waals surface area contributed by atoms with Crippen LogP contribution in [0.15, 0.2) is 66.7 Å². The molecule has 1 fully saturated rings. The second kappa shape index (κ2) is 10.9. The Labute approximate surface area is 232 Å². The van der Waals surface area contributed by atoms with Crippen LogP contribution >= 0.6 is 0 Å². The van der Waals surface area contributed by atoms with E-state index < -0.39 is 23.5 Å². The van der Waals surface area contributed by atoms with E-state index in [0.717, 1.165) is 17.7 Å². The number of aromatic nitrogens is 1. The topological polar surface area (TPSA) is 64.1 Å². The molecule has 0 unspecified atom stereocenters. The summed E-state index contributed by atoms with van der Waals surface area (Å²) in [5.41, 5.74) is 1.22. The second-order valence-electron chi connectivity index (χ2n) is 9.83. The minimum Gasteiger partial charge on any atom is -0.454 e. The number of carbonyl (C=O) groups is 1. The highest BCUT2D eigenvalue weighted by Crippen LogP contribution is 2.34. The van der Waals surface area contributed by atoms with Crippen LogP contribution in [0.4, 0.5) is 23.4 Å². The van der Waals surface area contributed by atoms with Crippen LogP contribution in [0.25, 0.3) is 10.9 Å². The zero-order valence-electron chi connectivity index (χ0n) is 21.8. The summed E-state index contributed by atoms with van der Waals surface area (Å²) in [5, 5.41) is 0.698. The van der Waals surface area contributed by atoms with Gasteiger partial charge in [-0.2, -0.15) is 13.2 Å². The number of hydrogen-bond donors (Lipinski definition) is 0. The number of halogens is 4. The Morgan fingerprint density at radius 2 is 1.66 bits per heavy atom. The summed E-state index contributed by atoms with van der Waals surface area (Å²) in [6, 6.07) is 15.7. The Bertz CT molecular complexity index is 1590. The van der Waals surface area contributed by atoms with Gasteiger partial charge in [-0.15, -0.1) is 0 Å². The Morgan fingerprint density at radius 3 is 2.41 bits per heavy atom. The van der Waals surface area contributed by atoms with Gasteiger partial charge in [0.1, 0.15) is 11.6 Å². The van der Waals surface area contributed by atoms with Crippen molar-refractivity contribution in [1.29, 1.82) is 0 Å². The number of anilines is 1. The lowest BCUT2D eigenvalue weighted by Gasteiger charge is -2.31. The van der Waals surface area contributed by atoms with E-state index in [9.17, 15) is 22.4 Å². The Morgan fingerprint density at radius 1 is 0.902 bits per heavy atom. The normalized spacial score (nSPS) is 14.9. The van der Waals surface area contributed by atoms with Crippen LogP contribution in [0.3, 0.4) is 0 Å². The van der Waals surface area contributed by atoms with E-state index >= 15 is 0 Å². The predicted octanol–water partition coefficient (Wildman–Crippen LogP) is 5.80. The number of pyridine rings is 1. The third kappa shape index (κ3) is 5.76. The van der Waals surface area contributed by atoms with Gasteiger partial charge in [-0.05, 0) is 60.2 Å². The van der Waals surface area contributed by atoms with Crippen LogP contribution in [-0.2, 0) is 24.0 Å². The zero-order valence-corrected chi connectivity index (χ0v) is 21.8. The van der Waals surface area contributed by atoms with Crippen molar-refractivity contribution in [3.63, 3.8) is 0 Å². The average molecular weight is 568 g/mol. The molecule has 4 aromatic rings. The molecule has 1 aromatic heterocycles. The standard InChI is InChI=1S/C30H25F4N3O4/c31-24-7-4-21-14-22(28(35-25(21)15-24)36-9-11-39-12-10-36)17-37(16-19-1-8-26-27(13-19)41-18-40-26)29(38)20-2-5-23(6-3-20)30(32,33)34/h1-8,13-15H,9-12,16-18H2. The second-order valence-corrected chi connectivity index (χ2v) is 9.83. The fraction of sp³-hybridized carbons (Fsp3) is 0.267. The summed E-state index contributed by atoms with van der Waals surface area (Å²) in [6.45, 7) is 2.45. The number of fused-ring (bicyclic) bond motifs is 2. The first-order chi connectivity index (χ1) is 19.7. The van der Waals surface area contributed by atoms with Gasteiger partial charge in [0.2, 0.25) is 6.79 Å². The number of hydrogen-bond acceptors (Lipinski definition) is 6. The summed E-state index contributed by atoms with van der Waals surface area (Å²) in [6.07, 6.45) is -4.52. The Balaban J connectivity index is 1.39. The van der Waals surface area contributed by atoms with Crippen LogP contribution in [0.5, 0.6) is 11.5 Å².